The Balaban J connectivity index is 1.40. The summed E-state index contributed by atoms with van der Waals surface area (Å²) in [6.45, 7) is 3.33. The minimum atomic E-state index is -0.808. The molecular formula is C18H25F2N3O. The van der Waals surface area contributed by atoms with Gasteiger partial charge in [-0.25, -0.2) is 8.78 Å². The normalized spacial score (nSPS) is 22.7. The van der Waals surface area contributed by atoms with Gasteiger partial charge in [0.15, 0.2) is 11.6 Å². The van der Waals surface area contributed by atoms with Crippen molar-refractivity contribution >= 4 is 5.91 Å². The lowest BCUT2D eigenvalue weighted by atomic mass is 10.0. The molecule has 0 saturated carbocycles. The van der Waals surface area contributed by atoms with Crippen LogP contribution in [0, 0.1) is 11.6 Å². The number of carbonyl (C=O) groups is 1. The first-order chi connectivity index (χ1) is 11.6. The number of halogens is 2. The fourth-order valence-electron chi connectivity index (χ4n) is 3.57. The summed E-state index contributed by atoms with van der Waals surface area (Å²) >= 11 is 0. The maximum absolute atomic E-state index is 13.3. The molecule has 2 aliphatic rings. The highest BCUT2D eigenvalue weighted by atomic mass is 19.2. The molecule has 2 N–H and O–H groups in total. The molecule has 2 fully saturated rings. The highest BCUT2D eigenvalue weighted by Gasteiger charge is 2.23. The second kappa shape index (κ2) is 8.03. The van der Waals surface area contributed by atoms with Crippen LogP contribution in [0.2, 0.25) is 0 Å². The molecular weight excluding hydrogens is 312 g/mol. The van der Waals surface area contributed by atoms with Crippen LogP contribution in [0.3, 0.4) is 0 Å². The molecule has 1 atom stereocenters. The van der Waals surface area contributed by atoms with Crippen molar-refractivity contribution in [1.82, 2.24) is 15.5 Å². The predicted molar refractivity (Wildman–Crippen MR) is 88.4 cm³/mol. The minimum absolute atomic E-state index is 0.133. The van der Waals surface area contributed by atoms with E-state index in [1.807, 2.05) is 0 Å². The Hall–Kier alpha value is -1.53. The van der Waals surface area contributed by atoms with Gasteiger partial charge in [0.2, 0.25) is 5.91 Å². The molecule has 1 aromatic carbocycles. The molecule has 4 nitrogen and oxygen atoms in total. The zero-order valence-corrected chi connectivity index (χ0v) is 13.9. The van der Waals surface area contributed by atoms with Crippen molar-refractivity contribution in [1.29, 1.82) is 0 Å². The molecule has 0 spiro atoms. The first-order valence-corrected chi connectivity index (χ1v) is 8.79. The van der Waals surface area contributed by atoms with Gasteiger partial charge in [-0.05, 0) is 49.9 Å². The standard InChI is InChI=1S/C18H25F2N3O/c19-16-4-3-13(10-17(16)20)12-23-8-5-14(6-9-23)22-18(24)11-15-2-1-7-21-15/h3-4,10,14-15,21H,1-2,5-9,11-12H2,(H,22,24). The van der Waals surface area contributed by atoms with Crippen LogP contribution in [0.4, 0.5) is 8.78 Å². The van der Waals surface area contributed by atoms with E-state index in [-0.39, 0.29) is 11.9 Å². The van der Waals surface area contributed by atoms with Crippen LogP contribution in [0.15, 0.2) is 18.2 Å². The number of hydrogen-bond acceptors (Lipinski definition) is 3. The summed E-state index contributed by atoms with van der Waals surface area (Å²) in [4.78, 5) is 14.3. The number of nitrogens with one attached hydrogen (secondary N) is 2. The quantitative estimate of drug-likeness (QED) is 0.866. The summed E-state index contributed by atoms with van der Waals surface area (Å²) in [6.07, 6.45) is 4.59. The zero-order chi connectivity index (χ0) is 16.9. The van der Waals surface area contributed by atoms with E-state index in [2.05, 4.69) is 15.5 Å². The van der Waals surface area contributed by atoms with Gasteiger partial charge in [-0.2, -0.15) is 0 Å². The maximum Gasteiger partial charge on any atom is 0.221 e. The highest BCUT2D eigenvalue weighted by molar-refractivity contribution is 5.76. The second-order valence-corrected chi connectivity index (χ2v) is 6.86. The summed E-state index contributed by atoms with van der Waals surface area (Å²) in [5.41, 5.74) is 0.781. The van der Waals surface area contributed by atoms with E-state index in [1.54, 1.807) is 6.07 Å². The number of benzene rings is 1. The van der Waals surface area contributed by atoms with Crippen molar-refractivity contribution in [3.63, 3.8) is 0 Å². The van der Waals surface area contributed by atoms with E-state index in [1.165, 1.54) is 12.1 Å². The van der Waals surface area contributed by atoms with E-state index in [9.17, 15) is 13.6 Å². The van der Waals surface area contributed by atoms with Crippen molar-refractivity contribution in [2.24, 2.45) is 0 Å². The lowest BCUT2D eigenvalue weighted by Gasteiger charge is -2.32. The first-order valence-electron chi connectivity index (χ1n) is 8.79. The van der Waals surface area contributed by atoms with Crippen molar-refractivity contribution in [3.05, 3.63) is 35.4 Å². The first kappa shape index (κ1) is 17.3. The minimum Gasteiger partial charge on any atom is -0.353 e. The molecule has 0 aromatic heterocycles. The highest BCUT2D eigenvalue weighted by Crippen LogP contribution is 2.16. The number of nitrogens with zero attached hydrogens (tertiary/aromatic N) is 1. The molecule has 3 rings (SSSR count). The maximum atomic E-state index is 13.3. The average Bonchev–Trinajstić information content (AvgIpc) is 3.06. The summed E-state index contributed by atoms with van der Waals surface area (Å²) in [5.74, 6) is -1.47. The fraction of sp³-hybridized carbons (Fsp3) is 0.611. The number of piperidine rings is 1. The van der Waals surface area contributed by atoms with Crippen molar-refractivity contribution < 1.29 is 13.6 Å². The average molecular weight is 337 g/mol. The van der Waals surface area contributed by atoms with Gasteiger partial charge in [-0.1, -0.05) is 6.07 Å². The van der Waals surface area contributed by atoms with Gasteiger partial charge in [0, 0.05) is 38.1 Å². The monoisotopic (exact) mass is 337 g/mol. The molecule has 2 aliphatic heterocycles. The number of carbonyl (C=O) groups excluding carboxylic acids is 1. The molecule has 0 bridgehead atoms. The number of rotatable bonds is 5. The molecule has 24 heavy (non-hydrogen) atoms. The Kier molecular flexibility index (Phi) is 5.79. The van der Waals surface area contributed by atoms with Gasteiger partial charge in [0.1, 0.15) is 0 Å². The summed E-state index contributed by atoms with van der Waals surface area (Å²) in [6, 6.07) is 4.62. The number of likely N-dealkylation sites (tertiary alicyclic amines) is 1. The topological polar surface area (TPSA) is 44.4 Å². The Morgan fingerprint density at radius 2 is 2.00 bits per heavy atom. The van der Waals surface area contributed by atoms with Gasteiger partial charge in [-0.3, -0.25) is 9.69 Å². The molecule has 132 valence electrons. The summed E-state index contributed by atoms with van der Waals surface area (Å²) in [5, 5.41) is 6.47. The van der Waals surface area contributed by atoms with Crippen molar-refractivity contribution in [3.8, 4) is 0 Å². The molecule has 1 unspecified atom stereocenters. The largest absolute Gasteiger partial charge is 0.353 e. The molecule has 2 heterocycles. The van der Waals surface area contributed by atoms with Crippen molar-refractivity contribution in [2.45, 2.75) is 50.7 Å². The van der Waals surface area contributed by atoms with Gasteiger partial charge in [-0.15, -0.1) is 0 Å². The lowest BCUT2D eigenvalue weighted by molar-refractivity contribution is -0.122. The van der Waals surface area contributed by atoms with Crippen LogP contribution in [0.5, 0.6) is 0 Å². The van der Waals surface area contributed by atoms with E-state index in [4.69, 9.17) is 0 Å². The molecule has 6 heteroatoms. The van der Waals surface area contributed by atoms with Crippen LogP contribution in [-0.2, 0) is 11.3 Å². The van der Waals surface area contributed by atoms with E-state index >= 15 is 0 Å². The predicted octanol–water partition coefficient (Wildman–Crippen LogP) is 2.19. The SMILES string of the molecule is O=C(CC1CCCN1)NC1CCN(Cc2ccc(F)c(F)c2)CC1. The molecule has 1 aromatic rings. The van der Waals surface area contributed by atoms with Crippen LogP contribution in [-0.4, -0.2) is 42.5 Å². The van der Waals surface area contributed by atoms with E-state index in [0.29, 0.717) is 19.0 Å². The summed E-state index contributed by atoms with van der Waals surface area (Å²) < 4.78 is 26.2. The van der Waals surface area contributed by atoms with Gasteiger partial charge in [0.05, 0.1) is 0 Å². The fourth-order valence-corrected chi connectivity index (χ4v) is 3.57. The van der Waals surface area contributed by atoms with Crippen LogP contribution < -0.4 is 10.6 Å². The third-order valence-electron chi connectivity index (χ3n) is 4.94. The smallest absolute Gasteiger partial charge is 0.221 e. The Labute approximate surface area is 141 Å². The van der Waals surface area contributed by atoms with E-state index < -0.39 is 11.6 Å². The van der Waals surface area contributed by atoms with Gasteiger partial charge < -0.3 is 10.6 Å². The Morgan fingerprint density at radius 3 is 2.67 bits per heavy atom. The second-order valence-electron chi connectivity index (χ2n) is 6.86. The van der Waals surface area contributed by atoms with Gasteiger partial charge in [0.25, 0.3) is 0 Å². The molecule has 2 saturated heterocycles. The van der Waals surface area contributed by atoms with Gasteiger partial charge >= 0.3 is 0 Å². The summed E-state index contributed by atoms with van der Waals surface area (Å²) in [7, 11) is 0. The molecule has 0 aliphatic carbocycles. The molecule has 1 amide bonds. The number of amides is 1. The van der Waals surface area contributed by atoms with Crippen LogP contribution in [0.1, 0.15) is 37.7 Å². The Bertz CT molecular complexity index is 567. The van der Waals surface area contributed by atoms with Crippen molar-refractivity contribution in [2.75, 3.05) is 19.6 Å². The third-order valence-corrected chi connectivity index (χ3v) is 4.94. The third kappa shape index (κ3) is 4.74. The van der Waals surface area contributed by atoms with E-state index in [0.717, 1.165) is 50.9 Å². The van der Waals surface area contributed by atoms with Crippen LogP contribution >= 0.6 is 0 Å². The Morgan fingerprint density at radius 1 is 1.21 bits per heavy atom. The van der Waals surface area contributed by atoms with Crippen LogP contribution in [0.25, 0.3) is 0 Å². The molecule has 0 radical (unpaired) electrons. The lowest BCUT2D eigenvalue weighted by Crippen LogP contribution is -2.45. The number of hydrogen-bond donors (Lipinski definition) is 2. The zero-order valence-electron chi connectivity index (χ0n) is 13.9.